The van der Waals surface area contributed by atoms with Crippen LogP contribution in [0.2, 0.25) is 5.15 Å². The van der Waals surface area contributed by atoms with Crippen molar-refractivity contribution >= 4 is 17.3 Å². The highest BCUT2D eigenvalue weighted by atomic mass is 35.5. The van der Waals surface area contributed by atoms with E-state index in [1.165, 1.54) is 6.92 Å². The molecule has 0 aliphatic heterocycles. The molecule has 2 atom stereocenters. The number of nitro groups is 1. The predicted octanol–water partition coefficient (Wildman–Crippen LogP) is 2.05. The lowest BCUT2D eigenvalue weighted by molar-refractivity contribution is -0.385. The fraction of sp³-hybridized carbons (Fsp3) is 0.500. The Morgan fingerprint density at radius 3 is 2.85 bits per heavy atom. The molecule has 0 saturated heterocycles. The molecular weight excluding hydrogens is 290 g/mol. The van der Waals surface area contributed by atoms with Gasteiger partial charge < -0.3 is 10.2 Å². The highest BCUT2D eigenvalue weighted by Gasteiger charge is 2.25. The van der Waals surface area contributed by atoms with E-state index in [1.807, 2.05) is 0 Å². The molecule has 0 fully saturated rings. The number of hydrogen-bond donors (Lipinski definition) is 2. The van der Waals surface area contributed by atoms with Gasteiger partial charge in [-0.15, -0.1) is 0 Å². The van der Waals surface area contributed by atoms with Gasteiger partial charge in [-0.25, -0.2) is 4.98 Å². The van der Waals surface area contributed by atoms with Crippen LogP contribution in [0.25, 0.3) is 10.4 Å². The van der Waals surface area contributed by atoms with Crippen LogP contribution in [0.3, 0.4) is 0 Å². The lowest BCUT2D eigenvalue weighted by atomic mass is 10.0. The maximum atomic E-state index is 10.8. The Bertz CT molecular complexity index is 561. The second kappa shape index (κ2) is 7.01. The third-order valence-electron chi connectivity index (χ3n) is 2.63. The number of aliphatic hydroxyl groups is 2. The summed E-state index contributed by atoms with van der Waals surface area (Å²) in [5.41, 5.74) is 7.88. The summed E-state index contributed by atoms with van der Waals surface area (Å²) in [6, 6.07) is 1.08. The van der Waals surface area contributed by atoms with E-state index in [2.05, 4.69) is 15.0 Å². The van der Waals surface area contributed by atoms with Crippen molar-refractivity contribution in [3.8, 4) is 0 Å². The molecule has 20 heavy (non-hydrogen) atoms. The molecule has 108 valence electrons. The Balaban J connectivity index is 3.02. The molecule has 0 radical (unpaired) electrons. The highest BCUT2D eigenvalue weighted by molar-refractivity contribution is 6.30. The van der Waals surface area contributed by atoms with Crippen LogP contribution in [0, 0.1) is 17.0 Å². The number of nitrogens with zero attached hydrogens (tertiary/aromatic N) is 5. The maximum Gasteiger partial charge on any atom is 0.290 e. The summed E-state index contributed by atoms with van der Waals surface area (Å²) in [7, 11) is 0. The quantitative estimate of drug-likeness (QED) is 0.206. The first kappa shape index (κ1) is 16.1. The van der Waals surface area contributed by atoms with Crippen LogP contribution in [0.5, 0.6) is 0 Å². The SMILES string of the molecule is Cc1nc(Cl)c(C(O)C(O)CCN=[N+]=[N-])cc1[N+](=O)[O-]. The van der Waals surface area contributed by atoms with E-state index >= 15 is 0 Å². The first-order valence-corrected chi connectivity index (χ1v) is 5.94. The van der Waals surface area contributed by atoms with Crippen molar-refractivity contribution in [2.45, 2.75) is 25.6 Å². The van der Waals surface area contributed by atoms with Gasteiger partial charge in [0.2, 0.25) is 0 Å². The van der Waals surface area contributed by atoms with E-state index < -0.39 is 17.1 Å². The van der Waals surface area contributed by atoms with Gasteiger partial charge in [-0.05, 0) is 18.9 Å². The molecule has 2 unspecified atom stereocenters. The molecule has 0 saturated carbocycles. The fourth-order valence-electron chi connectivity index (χ4n) is 1.57. The Morgan fingerprint density at radius 1 is 1.65 bits per heavy atom. The first-order valence-electron chi connectivity index (χ1n) is 5.57. The molecule has 2 N–H and O–H groups in total. The van der Waals surface area contributed by atoms with E-state index in [4.69, 9.17) is 17.1 Å². The lowest BCUT2D eigenvalue weighted by Gasteiger charge is -2.18. The summed E-state index contributed by atoms with van der Waals surface area (Å²) in [6.07, 6.45) is -2.74. The Hall–Kier alpha value is -1.93. The Labute approximate surface area is 118 Å². The van der Waals surface area contributed by atoms with Crippen LogP contribution >= 0.6 is 11.6 Å². The van der Waals surface area contributed by atoms with Gasteiger partial charge in [0.15, 0.2) is 0 Å². The van der Waals surface area contributed by atoms with Crippen molar-refractivity contribution in [2.24, 2.45) is 5.11 Å². The summed E-state index contributed by atoms with van der Waals surface area (Å²) in [5, 5.41) is 33.6. The number of aryl methyl sites for hydroxylation is 1. The van der Waals surface area contributed by atoms with Gasteiger partial charge in [0.05, 0.1) is 11.0 Å². The van der Waals surface area contributed by atoms with Crippen LogP contribution < -0.4 is 0 Å². The van der Waals surface area contributed by atoms with Crippen molar-refractivity contribution in [1.82, 2.24) is 4.98 Å². The molecule has 1 heterocycles. The summed E-state index contributed by atoms with van der Waals surface area (Å²) in [6.45, 7) is 1.39. The minimum atomic E-state index is -1.46. The Morgan fingerprint density at radius 2 is 2.30 bits per heavy atom. The molecule has 0 spiro atoms. The van der Waals surface area contributed by atoms with Crippen molar-refractivity contribution in [2.75, 3.05) is 6.54 Å². The average Bonchev–Trinajstić information content (AvgIpc) is 2.37. The molecule has 0 bridgehead atoms. The van der Waals surface area contributed by atoms with Gasteiger partial charge in [0.1, 0.15) is 17.0 Å². The number of azide groups is 1. The summed E-state index contributed by atoms with van der Waals surface area (Å²) in [4.78, 5) is 16.4. The minimum Gasteiger partial charge on any atom is -0.390 e. The van der Waals surface area contributed by atoms with Crippen LogP contribution in [0.4, 0.5) is 5.69 Å². The number of halogens is 1. The topological polar surface area (TPSA) is 145 Å². The second-order valence-electron chi connectivity index (χ2n) is 3.99. The molecule has 1 rings (SSSR count). The molecular formula is C10H12ClN5O4. The van der Waals surface area contributed by atoms with Gasteiger partial charge in [-0.3, -0.25) is 10.1 Å². The lowest BCUT2D eigenvalue weighted by Crippen LogP contribution is -2.20. The molecule has 0 aromatic carbocycles. The third kappa shape index (κ3) is 3.78. The van der Waals surface area contributed by atoms with Gasteiger partial charge >= 0.3 is 0 Å². The largest absolute Gasteiger partial charge is 0.390 e. The van der Waals surface area contributed by atoms with E-state index in [-0.39, 0.29) is 35.1 Å². The number of hydrogen-bond acceptors (Lipinski definition) is 6. The van der Waals surface area contributed by atoms with Crippen LogP contribution in [-0.4, -0.2) is 32.8 Å². The number of aliphatic hydroxyl groups excluding tert-OH is 2. The summed E-state index contributed by atoms with van der Waals surface area (Å²) < 4.78 is 0. The molecule has 0 aliphatic carbocycles. The normalized spacial score (nSPS) is 13.4. The first-order chi connectivity index (χ1) is 9.38. The monoisotopic (exact) mass is 301 g/mol. The zero-order valence-electron chi connectivity index (χ0n) is 10.5. The van der Waals surface area contributed by atoms with Crippen molar-refractivity contribution in [3.63, 3.8) is 0 Å². The second-order valence-corrected chi connectivity index (χ2v) is 4.34. The average molecular weight is 302 g/mol. The van der Waals surface area contributed by atoms with Gasteiger partial charge in [-0.1, -0.05) is 16.7 Å². The highest BCUT2D eigenvalue weighted by Crippen LogP contribution is 2.30. The van der Waals surface area contributed by atoms with Crippen LogP contribution in [0.1, 0.15) is 23.8 Å². The number of rotatable bonds is 6. The zero-order chi connectivity index (χ0) is 15.3. The predicted molar refractivity (Wildman–Crippen MR) is 70.2 cm³/mol. The smallest absolute Gasteiger partial charge is 0.290 e. The summed E-state index contributed by atoms with van der Waals surface area (Å²) in [5.74, 6) is 0. The van der Waals surface area contributed by atoms with Gasteiger partial charge in [-0.2, -0.15) is 0 Å². The maximum absolute atomic E-state index is 10.8. The summed E-state index contributed by atoms with van der Waals surface area (Å²) >= 11 is 5.82. The molecule has 1 aromatic rings. The molecule has 9 nitrogen and oxygen atoms in total. The molecule has 10 heteroatoms. The van der Waals surface area contributed by atoms with Crippen molar-refractivity contribution in [3.05, 3.63) is 43.0 Å². The molecule has 1 aromatic heterocycles. The van der Waals surface area contributed by atoms with Gasteiger partial charge in [0, 0.05) is 23.1 Å². The van der Waals surface area contributed by atoms with E-state index in [1.54, 1.807) is 0 Å². The minimum absolute atomic E-state index is 0.0107. The molecule has 0 amide bonds. The van der Waals surface area contributed by atoms with Crippen molar-refractivity contribution in [1.29, 1.82) is 0 Å². The Kier molecular flexibility index (Phi) is 5.66. The van der Waals surface area contributed by atoms with E-state index in [0.29, 0.717) is 0 Å². The van der Waals surface area contributed by atoms with E-state index in [9.17, 15) is 20.3 Å². The number of aromatic nitrogens is 1. The fourth-order valence-corrected chi connectivity index (χ4v) is 1.87. The standard InChI is InChI=1S/C10H12ClN5O4/c1-5-7(16(19)20)4-6(10(11)14-5)9(18)8(17)2-3-13-15-12/h4,8-9,17-18H,2-3H2,1H3. The van der Waals surface area contributed by atoms with Crippen molar-refractivity contribution < 1.29 is 15.1 Å². The van der Waals surface area contributed by atoms with E-state index in [0.717, 1.165) is 6.07 Å². The van der Waals surface area contributed by atoms with Gasteiger partial charge in [0.25, 0.3) is 5.69 Å². The van der Waals surface area contributed by atoms with Crippen LogP contribution in [0.15, 0.2) is 11.2 Å². The third-order valence-corrected chi connectivity index (χ3v) is 2.94. The zero-order valence-corrected chi connectivity index (χ0v) is 11.2. The number of pyridine rings is 1. The van der Waals surface area contributed by atoms with Crippen LogP contribution in [-0.2, 0) is 0 Å². The molecule has 0 aliphatic rings.